The molecule has 108 valence electrons. The van der Waals surface area contributed by atoms with Crippen molar-refractivity contribution in [2.75, 3.05) is 19.6 Å². The molecule has 1 fully saturated rings. The quantitative estimate of drug-likeness (QED) is 0.946. The van der Waals surface area contributed by atoms with Gasteiger partial charge in [0.2, 0.25) is 0 Å². The lowest BCUT2D eigenvalue weighted by atomic mass is 10.0. The fraction of sp³-hybridized carbons (Fsp3) is 0.357. The lowest BCUT2D eigenvalue weighted by molar-refractivity contribution is 0.150. The van der Waals surface area contributed by atoms with Gasteiger partial charge in [0, 0.05) is 43.3 Å². The lowest BCUT2D eigenvalue weighted by Gasteiger charge is -2.36. The van der Waals surface area contributed by atoms with Gasteiger partial charge in [0.25, 0.3) is 0 Å². The number of hydrogen-bond acceptors (Lipinski definition) is 4. The van der Waals surface area contributed by atoms with Crippen LogP contribution in [0.15, 0.2) is 41.1 Å². The van der Waals surface area contributed by atoms with E-state index in [2.05, 4.69) is 21.4 Å². The molecule has 0 radical (unpaired) electrons. The molecule has 4 nitrogen and oxygen atoms in total. The highest BCUT2D eigenvalue weighted by Gasteiger charge is 2.24. The van der Waals surface area contributed by atoms with Crippen molar-refractivity contribution < 1.29 is 4.52 Å². The van der Waals surface area contributed by atoms with E-state index in [4.69, 9.17) is 16.1 Å². The molecular formula is C14H17Cl2N3O. The van der Waals surface area contributed by atoms with E-state index in [9.17, 15) is 0 Å². The summed E-state index contributed by atoms with van der Waals surface area (Å²) in [6.07, 6.45) is 1.62. The molecule has 1 aliphatic rings. The van der Waals surface area contributed by atoms with Gasteiger partial charge in [0.1, 0.15) is 6.26 Å². The highest BCUT2D eigenvalue weighted by molar-refractivity contribution is 6.30. The Morgan fingerprint density at radius 2 is 2.30 bits per heavy atom. The summed E-state index contributed by atoms with van der Waals surface area (Å²) in [4.78, 5) is 2.40. The Hall–Kier alpha value is -1.07. The predicted octanol–water partition coefficient (Wildman–Crippen LogP) is 2.90. The zero-order chi connectivity index (χ0) is 13.1. The summed E-state index contributed by atoms with van der Waals surface area (Å²) >= 11 is 6.09. The molecule has 0 aliphatic carbocycles. The van der Waals surface area contributed by atoms with Gasteiger partial charge < -0.3 is 9.84 Å². The van der Waals surface area contributed by atoms with E-state index in [1.165, 1.54) is 5.56 Å². The van der Waals surface area contributed by atoms with Crippen LogP contribution in [-0.2, 0) is 6.54 Å². The fourth-order valence-corrected chi connectivity index (χ4v) is 2.70. The molecule has 0 bridgehead atoms. The molecule has 0 saturated carbocycles. The first-order valence-corrected chi connectivity index (χ1v) is 6.80. The van der Waals surface area contributed by atoms with E-state index >= 15 is 0 Å². The van der Waals surface area contributed by atoms with E-state index in [1.54, 1.807) is 6.26 Å². The highest BCUT2D eigenvalue weighted by Crippen LogP contribution is 2.25. The zero-order valence-corrected chi connectivity index (χ0v) is 12.5. The average molecular weight is 314 g/mol. The first-order valence-electron chi connectivity index (χ1n) is 6.42. The fourth-order valence-electron chi connectivity index (χ4n) is 2.51. The minimum absolute atomic E-state index is 0. The smallest absolute Gasteiger partial charge is 0.124 e. The molecule has 1 aromatic carbocycles. The van der Waals surface area contributed by atoms with Crippen molar-refractivity contribution in [2.24, 2.45) is 0 Å². The largest absolute Gasteiger partial charge is 0.364 e. The van der Waals surface area contributed by atoms with Crippen LogP contribution in [0.3, 0.4) is 0 Å². The van der Waals surface area contributed by atoms with Gasteiger partial charge in [-0.2, -0.15) is 0 Å². The summed E-state index contributed by atoms with van der Waals surface area (Å²) < 4.78 is 4.90. The standard InChI is InChI=1S/C14H16ClN3O.ClH/c15-12-3-1-2-11(8-12)14-9-16-5-6-18(14)10-13-4-7-19-17-13;/h1-4,7-8,14,16H,5-6,9-10H2;1H. The van der Waals surface area contributed by atoms with Gasteiger partial charge in [-0.1, -0.05) is 28.9 Å². The summed E-state index contributed by atoms with van der Waals surface area (Å²) in [6.45, 7) is 3.71. The van der Waals surface area contributed by atoms with Crippen LogP contribution < -0.4 is 5.32 Å². The summed E-state index contributed by atoms with van der Waals surface area (Å²) in [5.41, 5.74) is 2.21. The van der Waals surface area contributed by atoms with Crippen molar-refractivity contribution >= 4 is 24.0 Å². The molecule has 0 amide bonds. The molecule has 1 aliphatic heterocycles. The van der Waals surface area contributed by atoms with Gasteiger partial charge in [-0.05, 0) is 17.7 Å². The molecule has 1 saturated heterocycles. The lowest BCUT2D eigenvalue weighted by Crippen LogP contribution is -2.45. The molecule has 1 aromatic heterocycles. The molecular weight excluding hydrogens is 297 g/mol. The minimum atomic E-state index is 0. The minimum Gasteiger partial charge on any atom is -0.364 e. The second kappa shape index (κ2) is 7.09. The van der Waals surface area contributed by atoms with Crippen molar-refractivity contribution in [2.45, 2.75) is 12.6 Å². The number of rotatable bonds is 3. The van der Waals surface area contributed by atoms with E-state index in [-0.39, 0.29) is 12.4 Å². The number of benzene rings is 1. The molecule has 3 rings (SSSR count). The highest BCUT2D eigenvalue weighted by atomic mass is 35.5. The maximum Gasteiger partial charge on any atom is 0.124 e. The Morgan fingerprint density at radius 3 is 3.05 bits per heavy atom. The number of halogens is 2. The van der Waals surface area contributed by atoms with Crippen LogP contribution in [0.25, 0.3) is 0 Å². The van der Waals surface area contributed by atoms with Gasteiger partial charge in [-0.25, -0.2) is 0 Å². The number of nitrogens with zero attached hydrogens (tertiary/aromatic N) is 2. The van der Waals surface area contributed by atoms with Crippen LogP contribution in [0.4, 0.5) is 0 Å². The molecule has 20 heavy (non-hydrogen) atoms. The van der Waals surface area contributed by atoms with E-state index in [0.29, 0.717) is 6.04 Å². The first-order chi connectivity index (χ1) is 9.33. The number of piperazine rings is 1. The third-order valence-corrected chi connectivity index (χ3v) is 3.68. The Balaban J connectivity index is 0.00000147. The summed E-state index contributed by atoms with van der Waals surface area (Å²) in [5, 5.41) is 8.21. The molecule has 1 N–H and O–H groups in total. The van der Waals surface area contributed by atoms with Crippen LogP contribution in [0.5, 0.6) is 0 Å². The van der Waals surface area contributed by atoms with Crippen LogP contribution in [0.1, 0.15) is 17.3 Å². The molecule has 1 atom stereocenters. The molecule has 1 unspecified atom stereocenters. The number of hydrogen-bond donors (Lipinski definition) is 1. The molecule has 6 heteroatoms. The Kier molecular flexibility index (Phi) is 5.43. The first kappa shape index (κ1) is 15.3. The summed E-state index contributed by atoms with van der Waals surface area (Å²) in [6, 6.07) is 10.3. The Bertz CT molecular complexity index is 533. The maximum atomic E-state index is 6.09. The zero-order valence-electron chi connectivity index (χ0n) is 11.0. The van der Waals surface area contributed by atoms with Crippen molar-refractivity contribution in [3.05, 3.63) is 52.9 Å². The van der Waals surface area contributed by atoms with Crippen molar-refractivity contribution in [1.82, 2.24) is 15.4 Å². The van der Waals surface area contributed by atoms with Gasteiger partial charge in [-0.3, -0.25) is 4.90 Å². The third-order valence-electron chi connectivity index (χ3n) is 3.44. The van der Waals surface area contributed by atoms with E-state index in [0.717, 1.165) is 36.9 Å². The SMILES string of the molecule is Cl.Clc1cccc(C2CNCCN2Cc2ccon2)c1. The molecule has 2 heterocycles. The van der Waals surface area contributed by atoms with Crippen LogP contribution >= 0.6 is 24.0 Å². The molecule has 0 spiro atoms. The van der Waals surface area contributed by atoms with Gasteiger partial charge in [0.15, 0.2) is 0 Å². The maximum absolute atomic E-state index is 6.09. The van der Waals surface area contributed by atoms with Crippen LogP contribution in [0, 0.1) is 0 Å². The Labute approximate surface area is 129 Å². The second-order valence-corrected chi connectivity index (χ2v) is 5.17. The second-order valence-electron chi connectivity index (χ2n) is 4.74. The number of aromatic nitrogens is 1. The van der Waals surface area contributed by atoms with Crippen molar-refractivity contribution in [3.63, 3.8) is 0 Å². The summed E-state index contributed by atoms with van der Waals surface area (Å²) in [7, 11) is 0. The third kappa shape index (κ3) is 3.52. The van der Waals surface area contributed by atoms with Gasteiger partial charge in [0.05, 0.1) is 5.69 Å². The van der Waals surface area contributed by atoms with E-state index in [1.807, 2.05) is 24.3 Å². The van der Waals surface area contributed by atoms with E-state index < -0.39 is 0 Å². The topological polar surface area (TPSA) is 41.3 Å². The Morgan fingerprint density at radius 1 is 1.40 bits per heavy atom. The molecule has 2 aromatic rings. The normalized spacial score (nSPS) is 19.6. The van der Waals surface area contributed by atoms with Crippen molar-refractivity contribution in [3.8, 4) is 0 Å². The average Bonchev–Trinajstić information content (AvgIpc) is 2.92. The predicted molar refractivity (Wildman–Crippen MR) is 81.2 cm³/mol. The van der Waals surface area contributed by atoms with Crippen LogP contribution in [-0.4, -0.2) is 29.7 Å². The van der Waals surface area contributed by atoms with Crippen LogP contribution in [0.2, 0.25) is 5.02 Å². The van der Waals surface area contributed by atoms with Gasteiger partial charge in [-0.15, -0.1) is 12.4 Å². The monoisotopic (exact) mass is 313 g/mol. The van der Waals surface area contributed by atoms with Crippen molar-refractivity contribution in [1.29, 1.82) is 0 Å². The number of nitrogens with one attached hydrogen (secondary N) is 1. The summed E-state index contributed by atoms with van der Waals surface area (Å²) in [5.74, 6) is 0. The van der Waals surface area contributed by atoms with Gasteiger partial charge >= 0.3 is 0 Å².